The Morgan fingerprint density at radius 1 is 1.08 bits per heavy atom. The molecule has 13 heteroatoms. The number of nitrogens with two attached hydrogens (primary N) is 1. The number of alkyl halides is 3. The van der Waals surface area contributed by atoms with Gasteiger partial charge in [-0.1, -0.05) is 6.92 Å². The summed E-state index contributed by atoms with van der Waals surface area (Å²) in [4.78, 5) is 24.4. The molecule has 3 saturated heterocycles. The molecule has 8 nitrogen and oxygen atoms in total. The lowest BCUT2D eigenvalue weighted by atomic mass is 9.78. The first-order valence-electron chi connectivity index (χ1n) is 12.4. The molecule has 1 amide bonds. The van der Waals surface area contributed by atoms with Gasteiger partial charge in [0.2, 0.25) is 23.8 Å². The summed E-state index contributed by atoms with van der Waals surface area (Å²) in [5.41, 5.74) is 4.29. The Kier molecular flexibility index (Phi) is 6.60. The van der Waals surface area contributed by atoms with Crippen molar-refractivity contribution in [3.63, 3.8) is 0 Å². The molecule has 1 atom stereocenters. The van der Waals surface area contributed by atoms with E-state index in [1.54, 1.807) is 4.90 Å². The first kappa shape index (κ1) is 26.4. The molecule has 1 spiro atoms. The van der Waals surface area contributed by atoms with Crippen molar-refractivity contribution in [1.82, 2.24) is 9.97 Å². The number of hydrogen-bond acceptors (Lipinski definition) is 7. The van der Waals surface area contributed by atoms with E-state index < -0.39 is 34.9 Å². The summed E-state index contributed by atoms with van der Waals surface area (Å²) in [6.07, 6.45) is -4.16. The number of benzene rings is 1. The molecular weight excluding hydrogens is 513 g/mol. The summed E-state index contributed by atoms with van der Waals surface area (Å²) < 4.78 is 79.3. The first-order valence-corrected chi connectivity index (χ1v) is 12.4. The number of carbonyl (C=O) groups is 1. The van der Waals surface area contributed by atoms with Crippen LogP contribution in [0.4, 0.5) is 39.4 Å². The highest BCUT2D eigenvalue weighted by Crippen LogP contribution is 2.44. The third kappa shape index (κ3) is 4.83. The quantitative estimate of drug-likeness (QED) is 0.566. The first-order chi connectivity index (χ1) is 17.9. The van der Waals surface area contributed by atoms with Crippen LogP contribution in [0, 0.1) is 17.0 Å². The van der Waals surface area contributed by atoms with Crippen molar-refractivity contribution in [1.29, 1.82) is 0 Å². The molecule has 0 aliphatic carbocycles. The zero-order valence-corrected chi connectivity index (χ0v) is 20.7. The Labute approximate surface area is 215 Å². The molecule has 0 saturated carbocycles. The van der Waals surface area contributed by atoms with Gasteiger partial charge in [-0.25, -0.2) is 8.78 Å². The van der Waals surface area contributed by atoms with E-state index in [2.05, 4.69) is 9.97 Å². The molecule has 38 heavy (non-hydrogen) atoms. The number of ether oxygens (including phenoxy) is 2. The molecule has 2 aromatic rings. The van der Waals surface area contributed by atoms with Gasteiger partial charge in [0.1, 0.15) is 5.82 Å². The topological polar surface area (TPSA) is 93.8 Å². The lowest BCUT2D eigenvalue weighted by Crippen LogP contribution is -2.60. The summed E-state index contributed by atoms with van der Waals surface area (Å²) in [6.45, 7) is 2.06. The van der Waals surface area contributed by atoms with Gasteiger partial charge in [-0.3, -0.25) is 4.79 Å². The van der Waals surface area contributed by atoms with Crippen molar-refractivity contribution in [3.8, 4) is 5.88 Å². The van der Waals surface area contributed by atoms with Crippen LogP contribution in [0.3, 0.4) is 0 Å². The zero-order chi connectivity index (χ0) is 27.3. The summed E-state index contributed by atoms with van der Waals surface area (Å²) in [6, 6.07) is 4.77. The molecule has 3 aliphatic heterocycles. The van der Waals surface area contributed by atoms with Crippen LogP contribution in [0.1, 0.15) is 39.0 Å². The van der Waals surface area contributed by atoms with Gasteiger partial charge in [0, 0.05) is 37.3 Å². The predicted molar refractivity (Wildman–Crippen MR) is 128 cm³/mol. The number of hydrogen-bond donors (Lipinski definition) is 1. The second-order valence-corrected chi connectivity index (χ2v) is 10.5. The Bertz CT molecular complexity index is 1210. The summed E-state index contributed by atoms with van der Waals surface area (Å²) in [7, 11) is 0. The lowest BCUT2D eigenvalue weighted by Gasteiger charge is -2.51. The molecule has 2 N–H and O–H groups in total. The third-order valence-electron chi connectivity index (χ3n) is 7.67. The Morgan fingerprint density at radius 3 is 2.39 bits per heavy atom. The average Bonchev–Trinajstić information content (AvgIpc) is 2.83. The Morgan fingerprint density at radius 2 is 1.79 bits per heavy atom. The van der Waals surface area contributed by atoms with Crippen LogP contribution in [0.15, 0.2) is 24.3 Å². The maximum absolute atomic E-state index is 14.0. The molecule has 1 aromatic heterocycles. The molecule has 3 aliphatic rings. The molecule has 206 valence electrons. The highest BCUT2D eigenvalue weighted by molar-refractivity contribution is 5.95. The van der Waals surface area contributed by atoms with E-state index in [9.17, 15) is 26.7 Å². The van der Waals surface area contributed by atoms with Crippen molar-refractivity contribution in [2.45, 2.75) is 56.8 Å². The van der Waals surface area contributed by atoms with Gasteiger partial charge in [-0.05, 0) is 37.8 Å². The molecule has 4 heterocycles. The van der Waals surface area contributed by atoms with Crippen molar-refractivity contribution in [3.05, 3.63) is 35.9 Å². The second kappa shape index (κ2) is 9.51. The van der Waals surface area contributed by atoms with Crippen LogP contribution in [-0.4, -0.2) is 60.0 Å². The molecule has 0 bridgehead atoms. The minimum atomic E-state index is -4.65. The normalized spacial score (nSPS) is 21.8. The molecular formula is C25H28F5N5O3. The van der Waals surface area contributed by atoms with E-state index in [0.717, 1.165) is 12.1 Å². The van der Waals surface area contributed by atoms with E-state index in [1.165, 1.54) is 19.1 Å². The minimum absolute atomic E-state index is 0.0913. The Balaban J connectivity index is 1.36. The zero-order valence-electron chi connectivity index (χ0n) is 20.7. The van der Waals surface area contributed by atoms with Crippen LogP contribution in [0.5, 0.6) is 5.88 Å². The van der Waals surface area contributed by atoms with Gasteiger partial charge in [-0.2, -0.15) is 23.1 Å². The third-order valence-corrected chi connectivity index (χ3v) is 7.67. The van der Waals surface area contributed by atoms with Gasteiger partial charge >= 0.3 is 6.18 Å². The number of anilines is 3. The number of aromatic nitrogens is 2. The monoisotopic (exact) mass is 541 g/mol. The van der Waals surface area contributed by atoms with E-state index >= 15 is 0 Å². The summed E-state index contributed by atoms with van der Waals surface area (Å²) in [5, 5.41) is 0. The molecule has 0 unspecified atom stereocenters. The van der Waals surface area contributed by atoms with Crippen LogP contribution < -0.4 is 20.3 Å². The maximum atomic E-state index is 14.0. The summed E-state index contributed by atoms with van der Waals surface area (Å²) >= 11 is 0. The van der Waals surface area contributed by atoms with E-state index in [-0.39, 0.29) is 30.9 Å². The molecule has 0 radical (unpaired) electrons. The van der Waals surface area contributed by atoms with Crippen LogP contribution in [0.25, 0.3) is 0 Å². The van der Waals surface area contributed by atoms with Gasteiger partial charge < -0.3 is 25.0 Å². The van der Waals surface area contributed by atoms with Gasteiger partial charge in [0.05, 0.1) is 24.2 Å². The molecule has 3 fully saturated rings. The van der Waals surface area contributed by atoms with Crippen molar-refractivity contribution in [2.75, 3.05) is 41.8 Å². The van der Waals surface area contributed by atoms with Crippen molar-refractivity contribution in [2.24, 2.45) is 5.41 Å². The highest BCUT2D eigenvalue weighted by atomic mass is 19.4. The molecule has 5 rings (SSSR count). The number of halogens is 5. The highest BCUT2D eigenvalue weighted by Gasteiger charge is 2.57. The SMILES string of the molecule is CC1([C@@H](Oc2cc(N3CCC4(CCCC(=O)N4c4ccc(F)c(F)c4)CC3)nc(N)n2)C(F)(F)F)COC1. The van der Waals surface area contributed by atoms with E-state index in [4.69, 9.17) is 15.2 Å². The van der Waals surface area contributed by atoms with Crippen LogP contribution in [0.2, 0.25) is 0 Å². The number of carbonyl (C=O) groups excluding carboxylic acids is 1. The lowest BCUT2D eigenvalue weighted by molar-refractivity contribution is -0.270. The number of nitrogen functional groups attached to an aromatic ring is 1. The smallest absolute Gasteiger partial charge is 0.426 e. The largest absolute Gasteiger partial charge is 0.464 e. The van der Waals surface area contributed by atoms with E-state index in [1.807, 2.05) is 4.90 Å². The maximum Gasteiger partial charge on any atom is 0.426 e. The van der Waals surface area contributed by atoms with Gasteiger partial charge in [0.15, 0.2) is 11.6 Å². The predicted octanol–water partition coefficient (Wildman–Crippen LogP) is 4.24. The fourth-order valence-corrected chi connectivity index (χ4v) is 5.68. The average molecular weight is 542 g/mol. The van der Waals surface area contributed by atoms with Crippen molar-refractivity contribution < 1.29 is 36.2 Å². The molecule has 1 aromatic carbocycles. The van der Waals surface area contributed by atoms with Crippen molar-refractivity contribution >= 4 is 23.4 Å². The fourth-order valence-electron chi connectivity index (χ4n) is 5.68. The fraction of sp³-hybridized carbons (Fsp3) is 0.560. The van der Waals surface area contributed by atoms with Gasteiger partial charge in [-0.15, -0.1) is 0 Å². The van der Waals surface area contributed by atoms with Gasteiger partial charge in [0.25, 0.3) is 0 Å². The van der Waals surface area contributed by atoms with E-state index in [0.29, 0.717) is 56.7 Å². The number of amides is 1. The number of piperidine rings is 2. The summed E-state index contributed by atoms with van der Waals surface area (Å²) in [5.74, 6) is -2.40. The number of nitrogens with zero attached hydrogens (tertiary/aromatic N) is 4. The van der Waals surface area contributed by atoms with Crippen LogP contribution >= 0.6 is 0 Å². The standard InChI is InChI=1S/C25H28F5N5O3/c1-23(13-37-14-23)21(25(28,29)30)38-19-12-18(32-22(31)33-19)34-9-7-24(8-10-34)6-2-3-20(36)35(24)15-4-5-16(26)17(27)11-15/h4-5,11-12,21H,2-3,6-10,13-14H2,1H3,(H2,31,32,33)/t21-/m1/s1. The second-order valence-electron chi connectivity index (χ2n) is 10.5. The Hall–Kier alpha value is -3.22. The minimum Gasteiger partial charge on any atom is -0.464 e. The van der Waals surface area contributed by atoms with Crippen LogP contribution in [-0.2, 0) is 9.53 Å². The number of rotatable bonds is 5.